The number of nitrogens with two attached hydrogens (primary N) is 1. The summed E-state index contributed by atoms with van der Waals surface area (Å²) in [5.41, 5.74) is 3.26. The van der Waals surface area contributed by atoms with E-state index >= 15 is 0 Å². The molecule has 3 amide bonds. The molecule has 112 valence electrons. The van der Waals surface area contributed by atoms with Crippen molar-refractivity contribution in [2.75, 3.05) is 6.54 Å². The Hall–Kier alpha value is -2.25. The summed E-state index contributed by atoms with van der Waals surface area (Å²) in [6.45, 7) is 2.34. The fourth-order valence-electron chi connectivity index (χ4n) is 2.51. The van der Waals surface area contributed by atoms with E-state index in [2.05, 4.69) is 10.7 Å². The molecule has 2 rings (SSSR count). The zero-order chi connectivity index (χ0) is 15.4. The van der Waals surface area contributed by atoms with Gasteiger partial charge in [-0.3, -0.25) is 30.0 Å². The summed E-state index contributed by atoms with van der Waals surface area (Å²) in [4.78, 5) is 36.9. The molecule has 0 aromatic heterocycles. The second-order valence-electron chi connectivity index (χ2n) is 4.87. The summed E-state index contributed by atoms with van der Waals surface area (Å²) in [5, 5.41) is 2.33. The molecule has 4 N–H and O–H groups in total. The van der Waals surface area contributed by atoms with E-state index in [0.29, 0.717) is 18.5 Å². The number of hydrogen-bond donors (Lipinski definition) is 3. The number of nitrogen functional groups attached to an aromatic ring is 1. The number of amides is 3. The van der Waals surface area contributed by atoms with Crippen molar-refractivity contribution in [3.63, 3.8) is 0 Å². The van der Waals surface area contributed by atoms with Crippen LogP contribution in [0.15, 0.2) is 24.3 Å². The van der Waals surface area contributed by atoms with Crippen LogP contribution in [-0.2, 0) is 16.1 Å². The van der Waals surface area contributed by atoms with Gasteiger partial charge in [0.1, 0.15) is 0 Å². The largest absolute Gasteiger partial charge is 0.294 e. The normalized spacial score (nSPS) is 19.2. The molecule has 1 saturated heterocycles. The first-order valence-electron chi connectivity index (χ1n) is 6.73. The Morgan fingerprint density at radius 2 is 2.14 bits per heavy atom. The van der Waals surface area contributed by atoms with E-state index in [1.54, 1.807) is 29.2 Å². The second-order valence-corrected chi connectivity index (χ2v) is 4.87. The molecule has 0 saturated carbocycles. The summed E-state index contributed by atoms with van der Waals surface area (Å²) < 4.78 is 0. The minimum absolute atomic E-state index is 0.128. The van der Waals surface area contributed by atoms with Gasteiger partial charge in [-0.15, -0.1) is 0 Å². The number of hydrogen-bond acceptors (Lipinski definition) is 5. The third-order valence-electron chi connectivity index (χ3n) is 3.51. The van der Waals surface area contributed by atoms with Gasteiger partial charge in [0.05, 0.1) is 12.6 Å². The third-order valence-corrected chi connectivity index (χ3v) is 3.51. The van der Waals surface area contributed by atoms with Gasteiger partial charge in [0, 0.05) is 12.1 Å². The van der Waals surface area contributed by atoms with Crippen LogP contribution in [0.5, 0.6) is 0 Å². The van der Waals surface area contributed by atoms with Crippen LogP contribution < -0.4 is 16.6 Å². The lowest BCUT2D eigenvalue weighted by Crippen LogP contribution is -2.57. The number of benzene rings is 1. The first-order chi connectivity index (χ1) is 10.1. The van der Waals surface area contributed by atoms with Crippen LogP contribution in [0, 0.1) is 0 Å². The van der Waals surface area contributed by atoms with Crippen molar-refractivity contribution in [1.82, 2.24) is 15.6 Å². The standard InChI is InChI=1S/C14H18N4O3/c1-2-11-14(21)16-12(19)8-18(11)7-9-5-3-4-6-10(9)13(20)17-15/h3-6,11H,2,7-8,15H2,1H3,(H,17,20)(H,16,19,21). The van der Waals surface area contributed by atoms with Crippen LogP contribution in [0.2, 0.25) is 0 Å². The van der Waals surface area contributed by atoms with Crippen molar-refractivity contribution in [2.24, 2.45) is 5.84 Å². The predicted octanol–water partition coefficient (Wildman–Crippen LogP) is -0.473. The van der Waals surface area contributed by atoms with E-state index in [0.717, 1.165) is 5.56 Å². The highest BCUT2D eigenvalue weighted by molar-refractivity contribution is 6.01. The van der Waals surface area contributed by atoms with Crippen molar-refractivity contribution in [3.8, 4) is 0 Å². The fraction of sp³-hybridized carbons (Fsp3) is 0.357. The van der Waals surface area contributed by atoms with Gasteiger partial charge in [0.2, 0.25) is 11.8 Å². The molecule has 0 radical (unpaired) electrons. The number of piperazine rings is 1. The average Bonchev–Trinajstić information content (AvgIpc) is 2.46. The van der Waals surface area contributed by atoms with Gasteiger partial charge < -0.3 is 0 Å². The van der Waals surface area contributed by atoms with Crippen molar-refractivity contribution >= 4 is 17.7 Å². The monoisotopic (exact) mass is 290 g/mol. The number of hydrazine groups is 1. The first kappa shape index (κ1) is 15.1. The summed E-state index contributed by atoms with van der Waals surface area (Å²) in [5.74, 6) is 4.15. The van der Waals surface area contributed by atoms with Crippen molar-refractivity contribution in [1.29, 1.82) is 0 Å². The Kier molecular flexibility index (Phi) is 4.66. The molecule has 21 heavy (non-hydrogen) atoms. The van der Waals surface area contributed by atoms with Gasteiger partial charge >= 0.3 is 0 Å². The quantitative estimate of drug-likeness (QED) is 0.301. The Morgan fingerprint density at radius 3 is 2.81 bits per heavy atom. The van der Waals surface area contributed by atoms with Crippen molar-refractivity contribution in [2.45, 2.75) is 25.9 Å². The number of rotatable bonds is 4. The molecule has 1 aromatic carbocycles. The fourth-order valence-corrected chi connectivity index (χ4v) is 2.51. The van der Waals surface area contributed by atoms with E-state index in [1.165, 1.54) is 0 Å². The van der Waals surface area contributed by atoms with Crippen LogP contribution in [0.3, 0.4) is 0 Å². The molecule has 1 aliphatic rings. The van der Waals surface area contributed by atoms with Crippen molar-refractivity contribution < 1.29 is 14.4 Å². The lowest BCUT2D eigenvalue weighted by Gasteiger charge is -2.33. The maximum atomic E-state index is 11.8. The molecule has 0 aliphatic carbocycles. The Bertz CT molecular complexity index is 573. The minimum Gasteiger partial charge on any atom is -0.294 e. The maximum absolute atomic E-state index is 11.8. The van der Waals surface area contributed by atoms with E-state index in [4.69, 9.17) is 5.84 Å². The van der Waals surface area contributed by atoms with Gasteiger partial charge in [-0.05, 0) is 18.1 Å². The van der Waals surface area contributed by atoms with Gasteiger partial charge in [0.25, 0.3) is 5.91 Å². The topological polar surface area (TPSA) is 105 Å². The summed E-state index contributed by atoms with van der Waals surface area (Å²) in [6.07, 6.45) is 0.588. The minimum atomic E-state index is -0.397. The average molecular weight is 290 g/mol. The molecule has 1 aliphatic heterocycles. The van der Waals surface area contributed by atoms with Gasteiger partial charge in [-0.2, -0.15) is 0 Å². The zero-order valence-corrected chi connectivity index (χ0v) is 11.8. The van der Waals surface area contributed by atoms with E-state index in [-0.39, 0.29) is 24.4 Å². The SMILES string of the molecule is CCC1C(=O)NC(=O)CN1Cc1ccccc1C(=O)NN. The Balaban J connectivity index is 2.26. The predicted molar refractivity (Wildman–Crippen MR) is 75.7 cm³/mol. The second kappa shape index (κ2) is 6.47. The number of carbonyl (C=O) groups excluding carboxylic acids is 3. The maximum Gasteiger partial charge on any atom is 0.265 e. The molecule has 0 spiro atoms. The zero-order valence-electron chi connectivity index (χ0n) is 11.8. The lowest BCUT2D eigenvalue weighted by atomic mass is 10.0. The highest BCUT2D eigenvalue weighted by Crippen LogP contribution is 2.17. The number of imide groups is 1. The molecule has 1 heterocycles. The Morgan fingerprint density at radius 1 is 1.43 bits per heavy atom. The molecular weight excluding hydrogens is 272 g/mol. The first-order valence-corrected chi connectivity index (χ1v) is 6.73. The molecule has 7 nitrogen and oxygen atoms in total. The van der Waals surface area contributed by atoms with Gasteiger partial charge in [-0.1, -0.05) is 25.1 Å². The molecule has 0 bridgehead atoms. The number of nitrogens with one attached hydrogen (secondary N) is 2. The number of nitrogens with zero attached hydrogens (tertiary/aromatic N) is 1. The van der Waals surface area contributed by atoms with E-state index in [9.17, 15) is 14.4 Å². The summed E-state index contributed by atoms with van der Waals surface area (Å²) >= 11 is 0. The Labute approximate surface area is 122 Å². The van der Waals surface area contributed by atoms with Crippen molar-refractivity contribution in [3.05, 3.63) is 35.4 Å². The molecule has 1 fully saturated rings. The summed E-state index contributed by atoms with van der Waals surface area (Å²) in [6, 6.07) is 6.60. The molecule has 1 unspecified atom stereocenters. The highest BCUT2D eigenvalue weighted by atomic mass is 16.2. The molecular formula is C14H18N4O3. The highest BCUT2D eigenvalue weighted by Gasteiger charge is 2.32. The third kappa shape index (κ3) is 3.26. The van der Waals surface area contributed by atoms with Crippen LogP contribution >= 0.6 is 0 Å². The van der Waals surface area contributed by atoms with Gasteiger partial charge in [0.15, 0.2) is 0 Å². The van der Waals surface area contributed by atoms with Crippen LogP contribution in [-0.4, -0.2) is 35.2 Å². The molecule has 1 atom stereocenters. The van der Waals surface area contributed by atoms with Gasteiger partial charge in [-0.25, -0.2) is 5.84 Å². The van der Waals surface area contributed by atoms with Crippen LogP contribution in [0.1, 0.15) is 29.3 Å². The van der Waals surface area contributed by atoms with E-state index < -0.39 is 5.91 Å². The van der Waals surface area contributed by atoms with E-state index in [1.807, 2.05) is 6.92 Å². The van der Waals surface area contributed by atoms with Crippen LogP contribution in [0.4, 0.5) is 0 Å². The number of carbonyl (C=O) groups is 3. The molecule has 7 heteroatoms. The lowest BCUT2D eigenvalue weighted by molar-refractivity contribution is -0.140. The van der Waals surface area contributed by atoms with Crippen LogP contribution in [0.25, 0.3) is 0 Å². The smallest absolute Gasteiger partial charge is 0.265 e. The summed E-state index contributed by atoms with van der Waals surface area (Å²) in [7, 11) is 0. The molecule has 1 aromatic rings.